The Morgan fingerprint density at radius 3 is 2.67 bits per heavy atom. The Labute approximate surface area is 139 Å². The second kappa shape index (κ2) is 5.55. The van der Waals surface area contributed by atoms with Crippen molar-refractivity contribution in [3.63, 3.8) is 0 Å². The van der Waals surface area contributed by atoms with Gasteiger partial charge in [0.15, 0.2) is 5.82 Å². The lowest BCUT2D eigenvalue weighted by molar-refractivity contribution is -0.000137. The lowest BCUT2D eigenvalue weighted by Crippen LogP contribution is -2.44. The van der Waals surface area contributed by atoms with E-state index < -0.39 is 5.60 Å². The average Bonchev–Trinajstić information content (AvgIpc) is 3.21. The van der Waals surface area contributed by atoms with E-state index in [0.29, 0.717) is 31.8 Å². The van der Waals surface area contributed by atoms with E-state index in [0.717, 1.165) is 23.3 Å². The van der Waals surface area contributed by atoms with Gasteiger partial charge in [-0.2, -0.15) is 5.10 Å². The molecule has 1 saturated heterocycles. The standard InChI is InChI=1S/C16H21N7O/c1-3-11-8-17-13-12(11)14(19-9-18-13)23-6-4-16(24,5-7-23)15-20-10-21-22(15)2/h8-10,24H,3-7H2,1-2H3,(H,17,18,19). The van der Waals surface area contributed by atoms with Gasteiger partial charge in [0.2, 0.25) is 0 Å². The molecule has 0 unspecified atom stereocenters. The van der Waals surface area contributed by atoms with Crippen LogP contribution in [0.2, 0.25) is 0 Å². The van der Waals surface area contributed by atoms with E-state index in [-0.39, 0.29) is 0 Å². The molecular formula is C16H21N7O. The predicted molar refractivity (Wildman–Crippen MR) is 89.6 cm³/mol. The lowest BCUT2D eigenvalue weighted by Gasteiger charge is -2.38. The highest BCUT2D eigenvalue weighted by molar-refractivity contribution is 5.90. The molecule has 1 aliphatic rings. The van der Waals surface area contributed by atoms with E-state index in [1.165, 1.54) is 11.9 Å². The number of hydrogen-bond acceptors (Lipinski definition) is 6. The van der Waals surface area contributed by atoms with Crippen LogP contribution in [0, 0.1) is 0 Å². The molecule has 8 heteroatoms. The monoisotopic (exact) mass is 327 g/mol. The first-order valence-electron chi connectivity index (χ1n) is 8.25. The van der Waals surface area contributed by atoms with Crippen LogP contribution < -0.4 is 4.90 Å². The summed E-state index contributed by atoms with van der Waals surface area (Å²) in [6.45, 7) is 3.55. The minimum absolute atomic E-state index is 0.594. The van der Waals surface area contributed by atoms with E-state index in [1.54, 1.807) is 11.0 Å². The SMILES string of the molecule is CCc1c[nH]c2ncnc(N3CCC(O)(c4ncnn4C)CC3)c12. The molecule has 1 aliphatic heterocycles. The van der Waals surface area contributed by atoms with Gasteiger partial charge in [-0.25, -0.2) is 15.0 Å². The van der Waals surface area contributed by atoms with E-state index >= 15 is 0 Å². The van der Waals surface area contributed by atoms with Gasteiger partial charge < -0.3 is 15.0 Å². The van der Waals surface area contributed by atoms with E-state index in [4.69, 9.17) is 0 Å². The van der Waals surface area contributed by atoms with Crippen molar-refractivity contribution in [2.24, 2.45) is 7.05 Å². The fourth-order valence-electron chi connectivity index (χ4n) is 3.56. The molecule has 1 fully saturated rings. The van der Waals surface area contributed by atoms with Crippen molar-refractivity contribution >= 4 is 16.9 Å². The van der Waals surface area contributed by atoms with E-state index in [2.05, 4.69) is 36.9 Å². The molecule has 24 heavy (non-hydrogen) atoms. The third-order valence-corrected chi connectivity index (χ3v) is 4.93. The molecule has 0 amide bonds. The van der Waals surface area contributed by atoms with Crippen LogP contribution in [0.1, 0.15) is 31.2 Å². The van der Waals surface area contributed by atoms with Crippen molar-refractivity contribution in [1.82, 2.24) is 29.7 Å². The molecule has 2 N–H and O–H groups in total. The van der Waals surface area contributed by atoms with Gasteiger partial charge in [0, 0.05) is 39.2 Å². The van der Waals surface area contributed by atoms with Crippen molar-refractivity contribution in [3.05, 3.63) is 30.2 Å². The maximum absolute atomic E-state index is 11.0. The number of H-pyrrole nitrogens is 1. The zero-order valence-corrected chi connectivity index (χ0v) is 13.9. The minimum atomic E-state index is -0.931. The molecule has 4 rings (SSSR count). The highest BCUT2D eigenvalue weighted by Gasteiger charge is 2.38. The van der Waals surface area contributed by atoms with E-state index in [9.17, 15) is 5.11 Å². The second-order valence-electron chi connectivity index (χ2n) is 6.31. The van der Waals surface area contributed by atoms with Gasteiger partial charge in [0.25, 0.3) is 0 Å². The predicted octanol–water partition coefficient (Wildman–Crippen LogP) is 1.14. The zero-order chi connectivity index (χ0) is 16.7. The van der Waals surface area contributed by atoms with Crippen LogP contribution >= 0.6 is 0 Å². The number of aromatic nitrogens is 6. The molecule has 0 bridgehead atoms. The van der Waals surface area contributed by atoms with Gasteiger partial charge in [-0.3, -0.25) is 4.68 Å². The molecule has 0 spiro atoms. The van der Waals surface area contributed by atoms with Gasteiger partial charge >= 0.3 is 0 Å². The maximum Gasteiger partial charge on any atom is 0.158 e. The fourth-order valence-corrected chi connectivity index (χ4v) is 3.56. The normalized spacial score (nSPS) is 17.5. The Morgan fingerprint density at radius 2 is 2.00 bits per heavy atom. The zero-order valence-electron chi connectivity index (χ0n) is 13.9. The largest absolute Gasteiger partial charge is 0.382 e. The Kier molecular flexibility index (Phi) is 3.49. The summed E-state index contributed by atoms with van der Waals surface area (Å²) in [4.78, 5) is 18.5. The summed E-state index contributed by atoms with van der Waals surface area (Å²) < 4.78 is 1.65. The minimum Gasteiger partial charge on any atom is -0.382 e. The molecule has 0 aromatic carbocycles. The van der Waals surface area contributed by atoms with Crippen molar-refractivity contribution in [3.8, 4) is 0 Å². The van der Waals surface area contributed by atoms with Gasteiger partial charge in [0.1, 0.15) is 29.7 Å². The summed E-state index contributed by atoms with van der Waals surface area (Å²) in [5.74, 6) is 1.57. The number of aromatic amines is 1. The van der Waals surface area contributed by atoms with Crippen LogP contribution in [0.25, 0.3) is 11.0 Å². The quantitative estimate of drug-likeness (QED) is 0.749. The summed E-state index contributed by atoms with van der Waals surface area (Å²) in [6, 6.07) is 0. The third-order valence-electron chi connectivity index (χ3n) is 4.93. The van der Waals surface area contributed by atoms with Gasteiger partial charge in [0.05, 0.1) is 5.39 Å². The topological polar surface area (TPSA) is 95.8 Å². The number of nitrogens with one attached hydrogen (secondary N) is 1. The molecule has 0 radical (unpaired) electrons. The first kappa shape index (κ1) is 15.1. The van der Waals surface area contributed by atoms with Crippen molar-refractivity contribution in [2.45, 2.75) is 31.8 Å². The number of hydrogen-bond donors (Lipinski definition) is 2. The number of aryl methyl sites for hydroxylation is 2. The number of rotatable bonds is 3. The van der Waals surface area contributed by atoms with Gasteiger partial charge in [-0.1, -0.05) is 6.92 Å². The molecule has 0 atom stereocenters. The molecule has 3 aromatic heterocycles. The highest BCUT2D eigenvalue weighted by Crippen LogP contribution is 2.35. The van der Waals surface area contributed by atoms with Crippen molar-refractivity contribution in [1.29, 1.82) is 0 Å². The Balaban J connectivity index is 1.63. The van der Waals surface area contributed by atoms with Crippen LogP contribution in [-0.4, -0.2) is 47.9 Å². The first-order valence-corrected chi connectivity index (χ1v) is 8.25. The van der Waals surface area contributed by atoms with Gasteiger partial charge in [-0.05, 0) is 12.0 Å². The van der Waals surface area contributed by atoms with Crippen LogP contribution in [0.3, 0.4) is 0 Å². The first-order chi connectivity index (χ1) is 11.6. The summed E-state index contributed by atoms with van der Waals surface area (Å²) in [5, 5.41) is 16.1. The van der Waals surface area contributed by atoms with Crippen LogP contribution in [0.4, 0.5) is 5.82 Å². The Hall–Kier alpha value is -2.48. The van der Waals surface area contributed by atoms with Crippen molar-refractivity contribution < 1.29 is 5.11 Å². The molecule has 3 aromatic rings. The molecular weight excluding hydrogens is 306 g/mol. The van der Waals surface area contributed by atoms with E-state index in [1.807, 2.05) is 13.2 Å². The van der Waals surface area contributed by atoms with Crippen LogP contribution in [0.5, 0.6) is 0 Å². The molecule has 8 nitrogen and oxygen atoms in total. The smallest absolute Gasteiger partial charge is 0.158 e. The number of aliphatic hydroxyl groups is 1. The van der Waals surface area contributed by atoms with Gasteiger partial charge in [-0.15, -0.1) is 0 Å². The third kappa shape index (κ3) is 2.25. The van der Waals surface area contributed by atoms with Crippen LogP contribution in [-0.2, 0) is 19.1 Å². The highest BCUT2D eigenvalue weighted by atomic mass is 16.3. The second-order valence-corrected chi connectivity index (χ2v) is 6.31. The molecule has 0 saturated carbocycles. The molecule has 0 aliphatic carbocycles. The fraction of sp³-hybridized carbons (Fsp3) is 0.500. The van der Waals surface area contributed by atoms with Crippen molar-refractivity contribution in [2.75, 3.05) is 18.0 Å². The maximum atomic E-state index is 11.0. The summed E-state index contributed by atoms with van der Waals surface area (Å²) in [6.07, 6.45) is 7.20. The summed E-state index contributed by atoms with van der Waals surface area (Å²) in [5.41, 5.74) is 1.15. The number of anilines is 1. The Morgan fingerprint density at radius 1 is 1.21 bits per heavy atom. The summed E-state index contributed by atoms with van der Waals surface area (Å²) >= 11 is 0. The average molecular weight is 327 g/mol. The van der Waals surface area contributed by atoms with Crippen LogP contribution in [0.15, 0.2) is 18.9 Å². The Bertz CT molecular complexity index is 860. The number of nitrogens with zero attached hydrogens (tertiary/aromatic N) is 6. The molecule has 126 valence electrons. The lowest BCUT2D eigenvalue weighted by atomic mass is 9.90. The summed E-state index contributed by atoms with van der Waals surface area (Å²) in [7, 11) is 1.81. The molecule has 4 heterocycles. The number of piperidine rings is 1. The number of fused-ring (bicyclic) bond motifs is 1.